The molecule has 184 valence electrons. The van der Waals surface area contributed by atoms with E-state index < -0.39 is 18.3 Å². The number of hydrogen-bond donors (Lipinski definition) is 4. The minimum atomic E-state index is -1.26. The number of nitrogens with one attached hydrogen (secondary N) is 2. The zero-order valence-corrected chi connectivity index (χ0v) is 19.9. The summed E-state index contributed by atoms with van der Waals surface area (Å²) in [4.78, 5) is 33.7. The molecule has 4 atom stereocenters. The van der Waals surface area contributed by atoms with Gasteiger partial charge < -0.3 is 25.6 Å². The van der Waals surface area contributed by atoms with Gasteiger partial charge in [0.15, 0.2) is 0 Å². The lowest BCUT2D eigenvalue weighted by Crippen LogP contribution is -2.47. The van der Waals surface area contributed by atoms with Crippen molar-refractivity contribution in [2.75, 3.05) is 17.7 Å². The van der Waals surface area contributed by atoms with Crippen LogP contribution in [-0.4, -0.2) is 62.6 Å². The molecule has 11 heteroatoms. The van der Waals surface area contributed by atoms with Gasteiger partial charge in [-0.2, -0.15) is 5.26 Å². The van der Waals surface area contributed by atoms with Gasteiger partial charge in [0.2, 0.25) is 5.91 Å². The number of nitrogens with zero attached hydrogens (tertiary/aromatic N) is 3. The lowest BCUT2D eigenvalue weighted by molar-refractivity contribution is -0.113. The molecule has 1 aromatic carbocycles. The molecule has 0 saturated carbocycles. The molecule has 36 heavy (non-hydrogen) atoms. The zero-order valence-electron chi connectivity index (χ0n) is 19.0. The van der Waals surface area contributed by atoms with E-state index in [1.807, 2.05) is 12.1 Å². The van der Waals surface area contributed by atoms with E-state index in [-0.39, 0.29) is 35.9 Å². The van der Waals surface area contributed by atoms with E-state index in [2.05, 4.69) is 20.6 Å². The van der Waals surface area contributed by atoms with Crippen LogP contribution in [0, 0.1) is 11.3 Å². The second-order valence-corrected chi connectivity index (χ2v) is 9.68. The highest BCUT2D eigenvalue weighted by Gasteiger charge is 2.34. The first-order valence-electron chi connectivity index (χ1n) is 11.4. The first-order valence-corrected chi connectivity index (χ1v) is 12.4. The Balaban J connectivity index is 1.21. The quantitative estimate of drug-likeness (QED) is 0.406. The first-order chi connectivity index (χ1) is 17.4. The smallest absolute Gasteiger partial charge is 0.270 e. The molecule has 4 heterocycles. The number of fused-ring (bicyclic) bond motifs is 2. The summed E-state index contributed by atoms with van der Waals surface area (Å²) < 4.78 is 5.82. The van der Waals surface area contributed by atoms with Gasteiger partial charge in [-0.05, 0) is 37.1 Å². The number of anilines is 1. The molecule has 2 aromatic heterocycles. The SMILES string of the molecule is N#Cc1ccc2cccc([C@@H](O)[C@@H](O)[C@@H]3CC[C@@H](NC(=O)c4ccc5c(n4)NC(=O)CS5)CO3)c2n1. The minimum absolute atomic E-state index is 0.157. The highest BCUT2D eigenvalue weighted by atomic mass is 32.2. The fraction of sp³-hybridized carbons (Fsp3) is 0.320. The van der Waals surface area contributed by atoms with Gasteiger partial charge in [0.25, 0.3) is 5.91 Å². The van der Waals surface area contributed by atoms with E-state index in [9.17, 15) is 19.8 Å². The van der Waals surface area contributed by atoms with Crippen molar-refractivity contribution in [2.24, 2.45) is 0 Å². The molecule has 2 aliphatic heterocycles. The van der Waals surface area contributed by atoms with Crippen LogP contribution in [0.3, 0.4) is 0 Å². The van der Waals surface area contributed by atoms with Crippen molar-refractivity contribution in [1.29, 1.82) is 5.26 Å². The molecule has 3 aromatic rings. The number of rotatable bonds is 5. The van der Waals surface area contributed by atoms with Crippen molar-refractivity contribution < 1.29 is 24.5 Å². The molecule has 2 amide bonds. The molecule has 5 rings (SSSR count). The summed E-state index contributed by atoms with van der Waals surface area (Å²) in [6, 6.07) is 13.7. The maximum absolute atomic E-state index is 12.7. The number of para-hydroxylation sites is 1. The molecule has 1 saturated heterocycles. The van der Waals surface area contributed by atoms with Gasteiger partial charge in [-0.15, -0.1) is 11.8 Å². The molecular formula is C25H23N5O5S. The molecule has 10 nitrogen and oxygen atoms in total. The van der Waals surface area contributed by atoms with Gasteiger partial charge >= 0.3 is 0 Å². The number of benzene rings is 1. The normalized spacial score (nSPS) is 21.1. The molecule has 4 N–H and O–H groups in total. The molecule has 0 bridgehead atoms. The maximum atomic E-state index is 12.7. The van der Waals surface area contributed by atoms with Gasteiger partial charge in [-0.3, -0.25) is 9.59 Å². The molecule has 0 radical (unpaired) electrons. The maximum Gasteiger partial charge on any atom is 0.270 e. The van der Waals surface area contributed by atoms with Gasteiger partial charge in [-0.1, -0.05) is 18.2 Å². The average Bonchev–Trinajstić information content (AvgIpc) is 2.91. The summed E-state index contributed by atoms with van der Waals surface area (Å²) in [6.45, 7) is 0.157. The number of carbonyl (C=O) groups excluding carboxylic acids is 2. The fourth-order valence-corrected chi connectivity index (χ4v) is 5.12. The van der Waals surface area contributed by atoms with Crippen LogP contribution in [0.4, 0.5) is 5.82 Å². The summed E-state index contributed by atoms with van der Waals surface area (Å²) in [5, 5.41) is 37.2. The predicted octanol–water partition coefficient (Wildman–Crippen LogP) is 1.92. The third-order valence-corrected chi connectivity index (χ3v) is 7.29. The number of pyridine rings is 2. The van der Waals surface area contributed by atoms with Crippen LogP contribution in [0.1, 0.15) is 40.7 Å². The van der Waals surface area contributed by atoms with Crippen molar-refractivity contribution in [3.05, 3.63) is 59.4 Å². The van der Waals surface area contributed by atoms with Crippen LogP contribution in [0.15, 0.2) is 47.4 Å². The standard InChI is InChI=1S/C25H23N5O5S/c26-10-14-5-4-13-2-1-3-16(21(13)27-14)22(32)23(33)18-8-6-15(11-35-18)28-25(34)17-7-9-19-24(29-17)30-20(31)12-36-19/h1-5,7,9,15,18,22-23,32-33H,6,8,11-12H2,(H,28,34)(H,29,30,31)/t15-,18+,22-,23+/m1/s1. The molecule has 0 spiro atoms. The largest absolute Gasteiger partial charge is 0.387 e. The Morgan fingerprint density at radius 1 is 1.19 bits per heavy atom. The third kappa shape index (κ3) is 4.89. The third-order valence-electron chi connectivity index (χ3n) is 6.24. The highest BCUT2D eigenvalue weighted by molar-refractivity contribution is 8.00. The van der Waals surface area contributed by atoms with Gasteiger partial charge in [0.05, 0.1) is 34.9 Å². The van der Waals surface area contributed by atoms with E-state index in [1.165, 1.54) is 11.8 Å². The molecule has 1 fully saturated rings. The van der Waals surface area contributed by atoms with E-state index in [0.29, 0.717) is 35.5 Å². The Labute approximate surface area is 210 Å². The monoisotopic (exact) mass is 505 g/mol. The highest BCUT2D eigenvalue weighted by Crippen LogP contribution is 2.31. The van der Waals surface area contributed by atoms with E-state index in [1.54, 1.807) is 36.4 Å². The number of carbonyl (C=O) groups is 2. The lowest BCUT2D eigenvalue weighted by Gasteiger charge is -2.34. The summed E-state index contributed by atoms with van der Waals surface area (Å²) >= 11 is 1.37. The second-order valence-electron chi connectivity index (χ2n) is 8.66. The van der Waals surface area contributed by atoms with E-state index >= 15 is 0 Å². The van der Waals surface area contributed by atoms with Crippen LogP contribution in [0.2, 0.25) is 0 Å². The second kappa shape index (κ2) is 10.2. The lowest BCUT2D eigenvalue weighted by atomic mass is 9.93. The van der Waals surface area contributed by atoms with Crippen molar-refractivity contribution in [2.45, 2.75) is 42.1 Å². The predicted molar refractivity (Wildman–Crippen MR) is 131 cm³/mol. The van der Waals surface area contributed by atoms with E-state index in [4.69, 9.17) is 10.00 Å². The van der Waals surface area contributed by atoms with Gasteiger partial charge in [0.1, 0.15) is 35.5 Å². The van der Waals surface area contributed by atoms with Crippen LogP contribution in [0.25, 0.3) is 10.9 Å². The first kappa shape index (κ1) is 24.1. The molecular weight excluding hydrogens is 482 g/mol. The van der Waals surface area contributed by atoms with Crippen molar-refractivity contribution in [3.8, 4) is 6.07 Å². The Morgan fingerprint density at radius 2 is 2.06 bits per heavy atom. The van der Waals surface area contributed by atoms with Crippen LogP contribution < -0.4 is 10.6 Å². The van der Waals surface area contributed by atoms with Crippen molar-refractivity contribution >= 4 is 40.3 Å². The van der Waals surface area contributed by atoms with Crippen molar-refractivity contribution in [1.82, 2.24) is 15.3 Å². The van der Waals surface area contributed by atoms with Crippen molar-refractivity contribution in [3.63, 3.8) is 0 Å². The average molecular weight is 506 g/mol. The Morgan fingerprint density at radius 3 is 2.83 bits per heavy atom. The minimum Gasteiger partial charge on any atom is -0.387 e. The number of amides is 2. The Hall–Kier alpha value is -3.56. The molecule has 2 aliphatic rings. The van der Waals surface area contributed by atoms with Crippen LogP contribution in [-0.2, 0) is 9.53 Å². The van der Waals surface area contributed by atoms with Gasteiger partial charge in [-0.25, -0.2) is 9.97 Å². The fourth-order valence-electron chi connectivity index (χ4n) is 4.36. The van der Waals surface area contributed by atoms with E-state index in [0.717, 1.165) is 10.3 Å². The van der Waals surface area contributed by atoms with Crippen LogP contribution >= 0.6 is 11.8 Å². The number of thioether (sulfide) groups is 1. The Kier molecular flexibility index (Phi) is 6.84. The summed E-state index contributed by atoms with van der Waals surface area (Å²) in [7, 11) is 0. The number of hydrogen-bond acceptors (Lipinski definition) is 9. The van der Waals surface area contributed by atoms with Crippen LogP contribution in [0.5, 0.6) is 0 Å². The molecule has 0 aliphatic carbocycles. The number of nitriles is 1. The zero-order chi connectivity index (χ0) is 25.2. The summed E-state index contributed by atoms with van der Waals surface area (Å²) in [6.07, 6.45) is -2.18. The topological polar surface area (TPSA) is 157 Å². The number of ether oxygens (including phenoxy) is 1. The van der Waals surface area contributed by atoms with Gasteiger partial charge in [0, 0.05) is 10.9 Å². The number of aliphatic hydroxyl groups excluding tert-OH is 2. The summed E-state index contributed by atoms with van der Waals surface area (Å²) in [5.74, 6) is 0.158. The molecule has 0 unspecified atom stereocenters. The number of aromatic nitrogens is 2. The Bertz CT molecular complexity index is 1370. The summed E-state index contributed by atoms with van der Waals surface area (Å²) in [5.41, 5.74) is 1.28. The number of aliphatic hydroxyl groups is 2.